The fourth-order valence-electron chi connectivity index (χ4n) is 2.08. The van der Waals surface area contributed by atoms with Gasteiger partial charge in [-0.1, -0.05) is 20.8 Å². The molecule has 0 aliphatic heterocycles. The molecule has 2 N–H and O–H groups in total. The van der Waals surface area contributed by atoms with Gasteiger partial charge in [0.2, 0.25) is 0 Å². The van der Waals surface area contributed by atoms with Crippen molar-refractivity contribution in [3.05, 3.63) is 23.3 Å². The average molecular weight is 267 g/mol. The maximum Gasteiger partial charge on any atom is 0.128 e. The smallest absolute Gasteiger partial charge is 0.128 e. The van der Waals surface area contributed by atoms with Crippen LogP contribution in [0.15, 0.2) is 12.1 Å². The summed E-state index contributed by atoms with van der Waals surface area (Å²) in [6.45, 7) is 6.79. The summed E-state index contributed by atoms with van der Waals surface area (Å²) in [4.78, 5) is 0. The Balaban J connectivity index is 3.43. The quantitative estimate of drug-likeness (QED) is 0.859. The lowest BCUT2D eigenvalue weighted by atomic mass is 9.84. The molecule has 19 heavy (non-hydrogen) atoms. The fourth-order valence-corrected chi connectivity index (χ4v) is 2.08. The number of aliphatic hydroxyl groups is 1. The summed E-state index contributed by atoms with van der Waals surface area (Å²) in [6.07, 6.45) is -0.629. The first kappa shape index (κ1) is 15.8. The first-order valence-corrected chi connectivity index (χ1v) is 6.44. The lowest BCUT2D eigenvalue weighted by molar-refractivity contribution is 0.172. The summed E-state index contributed by atoms with van der Waals surface area (Å²) < 4.78 is 10.9. The van der Waals surface area contributed by atoms with Gasteiger partial charge in [-0.25, -0.2) is 0 Å². The standard InChI is InChI=1S/C15H25NO3/c1-15(2,3)12-8-10(18-5)7-11(14(12)19-6)13(17)9-16-4/h7-8,13,16-17H,9H2,1-6H3. The molecule has 0 amide bonds. The van der Waals surface area contributed by atoms with Crippen LogP contribution in [0.3, 0.4) is 0 Å². The molecule has 0 saturated carbocycles. The number of benzene rings is 1. The van der Waals surface area contributed by atoms with Crippen LogP contribution < -0.4 is 14.8 Å². The second kappa shape index (κ2) is 6.26. The van der Waals surface area contributed by atoms with E-state index in [0.717, 1.165) is 22.6 Å². The van der Waals surface area contributed by atoms with E-state index in [-0.39, 0.29) is 5.41 Å². The Morgan fingerprint density at radius 1 is 1.21 bits per heavy atom. The van der Waals surface area contributed by atoms with Crippen LogP contribution in [0.4, 0.5) is 0 Å². The van der Waals surface area contributed by atoms with Crippen molar-refractivity contribution >= 4 is 0 Å². The van der Waals surface area contributed by atoms with Gasteiger partial charge in [0.25, 0.3) is 0 Å². The predicted molar refractivity (Wildman–Crippen MR) is 77.1 cm³/mol. The van der Waals surface area contributed by atoms with E-state index in [1.807, 2.05) is 12.1 Å². The summed E-state index contributed by atoms with van der Waals surface area (Å²) in [7, 11) is 5.07. The van der Waals surface area contributed by atoms with E-state index in [4.69, 9.17) is 9.47 Å². The molecule has 0 heterocycles. The van der Waals surface area contributed by atoms with E-state index >= 15 is 0 Å². The lowest BCUT2D eigenvalue weighted by Gasteiger charge is -2.26. The summed E-state index contributed by atoms with van der Waals surface area (Å²) in [6, 6.07) is 3.80. The Morgan fingerprint density at radius 3 is 2.26 bits per heavy atom. The van der Waals surface area contributed by atoms with Gasteiger partial charge in [-0.15, -0.1) is 0 Å². The molecule has 0 bridgehead atoms. The first-order valence-electron chi connectivity index (χ1n) is 6.44. The van der Waals surface area contributed by atoms with E-state index in [1.165, 1.54) is 0 Å². The molecule has 0 aliphatic carbocycles. The van der Waals surface area contributed by atoms with Gasteiger partial charge in [-0.05, 0) is 24.6 Å². The minimum absolute atomic E-state index is 0.0893. The normalized spacial score (nSPS) is 13.2. The molecule has 0 aromatic heterocycles. The van der Waals surface area contributed by atoms with Crippen LogP contribution in [0, 0.1) is 0 Å². The van der Waals surface area contributed by atoms with Crippen LogP contribution in [-0.2, 0) is 5.41 Å². The van der Waals surface area contributed by atoms with Crippen LogP contribution in [0.1, 0.15) is 38.0 Å². The van der Waals surface area contributed by atoms with Gasteiger partial charge < -0.3 is 19.9 Å². The Labute approximate surface area is 115 Å². The molecule has 0 aliphatic rings. The van der Waals surface area contributed by atoms with Crippen molar-refractivity contribution in [3.63, 3.8) is 0 Å². The first-order chi connectivity index (χ1) is 8.85. The van der Waals surface area contributed by atoms with Gasteiger partial charge in [0, 0.05) is 17.7 Å². The van der Waals surface area contributed by atoms with Gasteiger partial charge in [-0.2, -0.15) is 0 Å². The molecule has 0 spiro atoms. The monoisotopic (exact) mass is 267 g/mol. The number of methoxy groups -OCH3 is 2. The van der Waals surface area contributed by atoms with Crippen LogP contribution >= 0.6 is 0 Å². The number of hydrogen-bond donors (Lipinski definition) is 2. The third-order valence-corrected chi connectivity index (χ3v) is 3.10. The number of hydrogen-bond acceptors (Lipinski definition) is 4. The van der Waals surface area contributed by atoms with Gasteiger partial charge in [0.15, 0.2) is 0 Å². The molecule has 1 aromatic carbocycles. The van der Waals surface area contributed by atoms with E-state index < -0.39 is 6.10 Å². The second-order valence-electron chi connectivity index (χ2n) is 5.62. The highest BCUT2D eigenvalue weighted by atomic mass is 16.5. The Bertz CT molecular complexity index is 424. The molecule has 1 unspecified atom stereocenters. The largest absolute Gasteiger partial charge is 0.497 e. The fraction of sp³-hybridized carbons (Fsp3) is 0.600. The molecule has 0 radical (unpaired) electrons. The van der Waals surface area contributed by atoms with Crippen molar-refractivity contribution in [1.82, 2.24) is 5.32 Å². The van der Waals surface area contributed by atoms with Crippen molar-refractivity contribution in [1.29, 1.82) is 0 Å². The molecule has 0 saturated heterocycles. The average Bonchev–Trinajstić information content (AvgIpc) is 2.36. The molecular weight excluding hydrogens is 242 g/mol. The SMILES string of the molecule is CNCC(O)c1cc(OC)cc(C(C)(C)C)c1OC. The highest BCUT2D eigenvalue weighted by Crippen LogP contribution is 2.39. The summed E-state index contributed by atoms with van der Waals surface area (Å²) in [5.41, 5.74) is 1.69. The predicted octanol–water partition coefficient (Wildman–Crippen LogP) is 2.25. The molecule has 1 rings (SSSR count). The molecule has 4 heteroatoms. The highest BCUT2D eigenvalue weighted by molar-refractivity contribution is 5.51. The third-order valence-electron chi connectivity index (χ3n) is 3.10. The minimum Gasteiger partial charge on any atom is -0.497 e. The maximum atomic E-state index is 10.2. The number of rotatable bonds is 5. The van der Waals surface area contributed by atoms with E-state index in [0.29, 0.717) is 6.54 Å². The van der Waals surface area contributed by atoms with Crippen molar-refractivity contribution < 1.29 is 14.6 Å². The van der Waals surface area contributed by atoms with Gasteiger partial charge >= 0.3 is 0 Å². The van der Waals surface area contributed by atoms with Crippen LogP contribution in [0.5, 0.6) is 11.5 Å². The Kier molecular flexibility index (Phi) is 5.20. The molecule has 1 atom stereocenters. The number of likely N-dealkylation sites (N-methyl/N-ethyl adjacent to an activating group) is 1. The van der Waals surface area contributed by atoms with Crippen molar-refractivity contribution in [2.45, 2.75) is 32.3 Å². The molecule has 4 nitrogen and oxygen atoms in total. The van der Waals surface area contributed by atoms with Crippen LogP contribution in [0.2, 0.25) is 0 Å². The molecule has 108 valence electrons. The molecule has 0 fully saturated rings. The van der Waals surface area contributed by atoms with E-state index in [9.17, 15) is 5.11 Å². The van der Waals surface area contributed by atoms with Crippen LogP contribution in [0.25, 0.3) is 0 Å². The van der Waals surface area contributed by atoms with Crippen LogP contribution in [-0.4, -0.2) is 32.9 Å². The number of nitrogens with one attached hydrogen (secondary N) is 1. The van der Waals surface area contributed by atoms with Gasteiger partial charge in [0.1, 0.15) is 11.5 Å². The molecular formula is C15H25NO3. The zero-order chi connectivity index (χ0) is 14.6. The number of ether oxygens (including phenoxy) is 2. The highest BCUT2D eigenvalue weighted by Gasteiger charge is 2.25. The van der Waals surface area contributed by atoms with Crippen molar-refractivity contribution in [3.8, 4) is 11.5 Å². The summed E-state index contributed by atoms with van der Waals surface area (Å²) in [5, 5.41) is 13.2. The zero-order valence-corrected chi connectivity index (χ0v) is 12.7. The zero-order valence-electron chi connectivity index (χ0n) is 12.7. The topological polar surface area (TPSA) is 50.7 Å². The summed E-state index contributed by atoms with van der Waals surface area (Å²) in [5.74, 6) is 1.46. The van der Waals surface area contributed by atoms with Crippen molar-refractivity contribution in [2.75, 3.05) is 27.8 Å². The summed E-state index contributed by atoms with van der Waals surface area (Å²) >= 11 is 0. The van der Waals surface area contributed by atoms with Crippen molar-refractivity contribution in [2.24, 2.45) is 0 Å². The Morgan fingerprint density at radius 2 is 1.84 bits per heavy atom. The molecule has 1 aromatic rings. The lowest BCUT2D eigenvalue weighted by Crippen LogP contribution is -2.20. The van der Waals surface area contributed by atoms with Gasteiger partial charge in [-0.3, -0.25) is 0 Å². The Hall–Kier alpha value is -1.26. The van der Waals surface area contributed by atoms with Gasteiger partial charge in [0.05, 0.1) is 20.3 Å². The van der Waals surface area contributed by atoms with E-state index in [2.05, 4.69) is 26.1 Å². The second-order valence-corrected chi connectivity index (χ2v) is 5.62. The van der Waals surface area contributed by atoms with E-state index in [1.54, 1.807) is 21.3 Å². The minimum atomic E-state index is -0.629. The number of aliphatic hydroxyl groups excluding tert-OH is 1. The maximum absolute atomic E-state index is 10.2. The third kappa shape index (κ3) is 3.61.